The van der Waals surface area contributed by atoms with Gasteiger partial charge < -0.3 is 9.47 Å². The molecule has 1 N–H and O–H groups in total. The largest absolute Gasteiger partial charge is 0.496 e. The van der Waals surface area contributed by atoms with Gasteiger partial charge in [-0.1, -0.05) is 42.5 Å². The molecule has 0 aliphatic heterocycles. The Morgan fingerprint density at radius 2 is 1.73 bits per heavy atom. The van der Waals surface area contributed by atoms with Gasteiger partial charge in [-0.15, -0.1) is 0 Å². The van der Waals surface area contributed by atoms with Gasteiger partial charge in [0.25, 0.3) is 0 Å². The zero-order chi connectivity index (χ0) is 20.8. The zero-order valence-electron chi connectivity index (χ0n) is 16.4. The van der Waals surface area contributed by atoms with Crippen LogP contribution in [0.5, 0.6) is 11.5 Å². The summed E-state index contributed by atoms with van der Waals surface area (Å²) in [4.78, 5) is 0. The standard InChI is InChI=1S/C23H20N4O2S/c1-28-21-10-6-5-9-20(21)22-25-26-23(30)27(22)24-15-17-11-13-19(14-12-17)29-16-18-7-3-2-4-8-18/h2-15H,16H2,1H3,(H,26,30). The van der Waals surface area contributed by atoms with Crippen LogP contribution in [0.3, 0.4) is 0 Å². The summed E-state index contributed by atoms with van der Waals surface area (Å²) >= 11 is 5.34. The summed E-state index contributed by atoms with van der Waals surface area (Å²) in [5.41, 5.74) is 2.84. The highest BCUT2D eigenvalue weighted by atomic mass is 32.1. The average molecular weight is 417 g/mol. The molecule has 0 unspecified atom stereocenters. The zero-order valence-corrected chi connectivity index (χ0v) is 17.2. The second kappa shape index (κ2) is 9.19. The summed E-state index contributed by atoms with van der Waals surface area (Å²) in [6.45, 7) is 0.528. The number of rotatable bonds is 7. The van der Waals surface area contributed by atoms with E-state index in [-0.39, 0.29) is 0 Å². The van der Waals surface area contributed by atoms with Gasteiger partial charge in [-0.2, -0.15) is 14.9 Å². The van der Waals surface area contributed by atoms with Gasteiger partial charge in [-0.25, -0.2) is 5.10 Å². The van der Waals surface area contributed by atoms with Crippen molar-refractivity contribution in [2.45, 2.75) is 6.61 Å². The molecule has 0 spiro atoms. The first-order chi connectivity index (χ1) is 14.7. The van der Waals surface area contributed by atoms with Gasteiger partial charge in [0.1, 0.15) is 18.1 Å². The molecule has 0 fully saturated rings. The Morgan fingerprint density at radius 1 is 1.00 bits per heavy atom. The number of H-pyrrole nitrogens is 1. The minimum atomic E-state index is 0.398. The number of aromatic nitrogens is 3. The normalized spacial score (nSPS) is 11.0. The van der Waals surface area contributed by atoms with E-state index in [4.69, 9.17) is 21.7 Å². The Balaban J connectivity index is 1.51. The van der Waals surface area contributed by atoms with E-state index in [1.165, 1.54) is 0 Å². The van der Waals surface area contributed by atoms with Gasteiger partial charge in [0.15, 0.2) is 5.82 Å². The molecule has 0 atom stereocenters. The minimum Gasteiger partial charge on any atom is -0.496 e. The second-order valence-corrected chi connectivity index (χ2v) is 6.84. The van der Waals surface area contributed by atoms with Gasteiger partial charge in [0.05, 0.1) is 18.9 Å². The highest BCUT2D eigenvalue weighted by Crippen LogP contribution is 2.28. The summed E-state index contributed by atoms with van der Waals surface area (Å²) in [6, 6.07) is 25.4. The van der Waals surface area contributed by atoms with E-state index in [0.29, 0.717) is 23.0 Å². The van der Waals surface area contributed by atoms with Crippen molar-refractivity contribution in [2.24, 2.45) is 5.10 Å². The smallest absolute Gasteiger partial charge is 0.216 e. The van der Waals surface area contributed by atoms with E-state index in [1.807, 2.05) is 78.9 Å². The van der Waals surface area contributed by atoms with E-state index in [2.05, 4.69) is 15.3 Å². The lowest BCUT2D eigenvalue weighted by atomic mass is 10.2. The summed E-state index contributed by atoms with van der Waals surface area (Å²) < 4.78 is 13.2. The molecule has 0 radical (unpaired) electrons. The molecule has 1 heterocycles. The predicted octanol–water partition coefficient (Wildman–Crippen LogP) is 5.08. The fourth-order valence-electron chi connectivity index (χ4n) is 2.92. The maximum Gasteiger partial charge on any atom is 0.216 e. The fraction of sp³-hybridized carbons (Fsp3) is 0.0870. The van der Waals surface area contributed by atoms with Crippen molar-refractivity contribution in [3.8, 4) is 22.9 Å². The summed E-state index contributed by atoms with van der Waals surface area (Å²) in [7, 11) is 1.62. The van der Waals surface area contributed by atoms with Gasteiger partial charge >= 0.3 is 0 Å². The van der Waals surface area contributed by atoms with Gasteiger partial charge in [0, 0.05) is 0 Å². The van der Waals surface area contributed by atoms with Crippen LogP contribution >= 0.6 is 12.2 Å². The predicted molar refractivity (Wildman–Crippen MR) is 120 cm³/mol. The number of hydrogen-bond donors (Lipinski definition) is 1. The van der Waals surface area contributed by atoms with Crippen LogP contribution in [0.4, 0.5) is 0 Å². The molecule has 0 bridgehead atoms. The van der Waals surface area contributed by atoms with Gasteiger partial charge in [-0.3, -0.25) is 0 Å². The van der Waals surface area contributed by atoms with Crippen LogP contribution in [-0.2, 0) is 6.61 Å². The van der Waals surface area contributed by atoms with Crippen LogP contribution in [0.25, 0.3) is 11.4 Å². The summed E-state index contributed by atoms with van der Waals surface area (Å²) in [6.07, 6.45) is 1.73. The second-order valence-electron chi connectivity index (χ2n) is 6.45. The third kappa shape index (κ3) is 4.47. The first kappa shape index (κ1) is 19.6. The number of aromatic amines is 1. The monoisotopic (exact) mass is 416 g/mol. The van der Waals surface area contributed by atoms with Crippen molar-refractivity contribution in [1.82, 2.24) is 14.9 Å². The lowest BCUT2D eigenvalue weighted by Crippen LogP contribution is -1.97. The molecule has 6 nitrogen and oxygen atoms in total. The molecule has 7 heteroatoms. The molecule has 0 aliphatic carbocycles. The molecular weight excluding hydrogens is 396 g/mol. The number of nitrogens with zero attached hydrogens (tertiary/aromatic N) is 3. The molecule has 0 aliphatic rings. The fourth-order valence-corrected chi connectivity index (χ4v) is 3.10. The van der Waals surface area contributed by atoms with E-state index in [9.17, 15) is 0 Å². The summed E-state index contributed by atoms with van der Waals surface area (Å²) in [5, 5.41) is 11.6. The molecule has 30 heavy (non-hydrogen) atoms. The molecular formula is C23H20N4O2S. The van der Waals surface area contributed by atoms with Crippen molar-refractivity contribution in [1.29, 1.82) is 0 Å². The molecule has 3 aromatic carbocycles. The molecule has 4 aromatic rings. The topological polar surface area (TPSA) is 64.4 Å². The number of para-hydroxylation sites is 1. The SMILES string of the molecule is COc1ccccc1-c1n[nH]c(=S)n1N=Cc1ccc(OCc2ccccc2)cc1. The maximum absolute atomic E-state index is 5.82. The number of ether oxygens (including phenoxy) is 2. The molecule has 1 aromatic heterocycles. The lowest BCUT2D eigenvalue weighted by Gasteiger charge is -2.07. The van der Waals surface area contributed by atoms with Crippen LogP contribution in [-0.4, -0.2) is 28.2 Å². The molecule has 0 saturated carbocycles. The Bertz CT molecular complexity index is 1200. The number of nitrogens with one attached hydrogen (secondary N) is 1. The van der Waals surface area contributed by atoms with Crippen molar-refractivity contribution in [3.05, 3.63) is 94.8 Å². The maximum atomic E-state index is 5.82. The lowest BCUT2D eigenvalue weighted by molar-refractivity contribution is 0.306. The molecule has 0 saturated heterocycles. The van der Waals surface area contributed by atoms with Crippen molar-refractivity contribution >= 4 is 18.4 Å². The van der Waals surface area contributed by atoms with Crippen LogP contribution in [0.2, 0.25) is 0 Å². The first-order valence-corrected chi connectivity index (χ1v) is 9.77. The summed E-state index contributed by atoms with van der Waals surface area (Å²) in [5.74, 6) is 2.07. The van der Waals surface area contributed by atoms with Crippen LogP contribution < -0.4 is 9.47 Å². The van der Waals surface area contributed by atoms with Crippen LogP contribution in [0, 0.1) is 4.77 Å². The third-order valence-electron chi connectivity index (χ3n) is 4.45. The van der Waals surface area contributed by atoms with Gasteiger partial charge in [-0.05, 0) is 59.7 Å². The number of hydrogen-bond acceptors (Lipinski definition) is 5. The van der Waals surface area contributed by atoms with Crippen LogP contribution in [0.15, 0.2) is 84.0 Å². The quantitative estimate of drug-likeness (QED) is 0.337. The van der Waals surface area contributed by atoms with E-state index in [0.717, 1.165) is 22.4 Å². The number of benzene rings is 3. The van der Waals surface area contributed by atoms with E-state index < -0.39 is 0 Å². The Morgan fingerprint density at radius 3 is 2.50 bits per heavy atom. The van der Waals surface area contributed by atoms with E-state index >= 15 is 0 Å². The Hall–Kier alpha value is -3.71. The van der Waals surface area contributed by atoms with Crippen molar-refractivity contribution < 1.29 is 9.47 Å². The highest BCUT2D eigenvalue weighted by Gasteiger charge is 2.12. The number of methoxy groups -OCH3 is 1. The third-order valence-corrected chi connectivity index (χ3v) is 4.71. The average Bonchev–Trinajstić information content (AvgIpc) is 3.17. The molecule has 4 rings (SSSR count). The first-order valence-electron chi connectivity index (χ1n) is 9.36. The van der Waals surface area contributed by atoms with Crippen molar-refractivity contribution in [3.63, 3.8) is 0 Å². The molecule has 150 valence electrons. The minimum absolute atomic E-state index is 0.398. The Labute approximate surface area is 179 Å². The van der Waals surface area contributed by atoms with Gasteiger partial charge in [0.2, 0.25) is 4.77 Å². The Kier molecular flexibility index (Phi) is 6.01. The van der Waals surface area contributed by atoms with Crippen molar-refractivity contribution in [2.75, 3.05) is 7.11 Å². The van der Waals surface area contributed by atoms with Crippen LogP contribution in [0.1, 0.15) is 11.1 Å². The highest BCUT2D eigenvalue weighted by molar-refractivity contribution is 7.71. The molecule has 0 amide bonds. The van der Waals surface area contributed by atoms with E-state index in [1.54, 1.807) is 18.0 Å².